The van der Waals surface area contributed by atoms with Gasteiger partial charge in [0.2, 0.25) is 6.29 Å². The van der Waals surface area contributed by atoms with E-state index >= 15 is 0 Å². The van der Waals surface area contributed by atoms with E-state index in [9.17, 15) is 4.79 Å². The van der Waals surface area contributed by atoms with Gasteiger partial charge in [0.15, 0.2) is 0 Å². The van der Waals surface area contributed by atoms with Gasteiger partial charge in [-0.1, -0.05) is 77.6 Å². The minimum absolute atomic E-state index is 0.250. The van der Waals surface area contributed by atoms with Crippen molar-refractivity contribution in [2.75, 3.05) is 0 Å². The van der Waals surface area contributed by atoms with Crippen molar-refractivity contribution in [1.29, 1.82) is 0 Å². The Hall–Kier alpha value is -0.330. The summed E-state index contributed by atoms with van der Waals surface area (Å²) in [4.78, 5) is 11.1. The number of rotatable bonds is 11. The Labute approximate surface area is 120 Å². The summed E-state index contributed by atoms with van der Waals surface area (Å²) in [7, 11) is 0. The lowest BCUT2D eigenvalue weighted by Crippen LogP contribution is -2.19. The fourth-order valence-corrected chi connectivity index (χ4v) is 3.43. The smallest absolute Gasteiger partial charge is 0.202 e. The van der Waals surface area contributed by atoms with Crippen LogP contribution in [0.25, 0.3) is 0 Å². The van der Waals surface area contributed by atoms with E-state index in [2.05, 4.69) is 13.2 Å². The topological polar surface area (TPSA) is 17.1 Å². The van der Waals surface area contributed by atoms with E-state index in [1.165, 1.54) is 83.5 Å². The summed E-state index contributed by atoms with van der Waals surface area (Å²) in [5.41, 5.74) is 0. The molecule has 1 radical (unpaired) electrons. The Balaban J connectivity index is 1.98. The Morgan fingerprint density at radius 1 is 0.895 bits per heavy atom. The van der Waals surface area contributed by atoms with Crippen LogP contribution in [0.5, 0.6) is 0 Å². The maximum Gasteiger partial charge on any atom is 0.202 e. The molecule has 1 fully saturated rings. The number of hydrogen-bond acceptors (Lipinski definition) is 1. The second-order valence-electron chi connectivity index (χ2n) is 6.39. The van der Waals surface area contributed by atoms with Crippen molar-refractivity contribution in [3.05, 3.63) is 0 Å². The predicted molar refractivity (Wildman–Crippen MR) is 83.0 cm³/mol. The first-order chi connectivity index (χ1) is 9.38. The Morgan fingerprint density at radius 3 is 2.05 bits per heavy atom. The molecule has 0 aliphatic heterocycles. The van der Waals surface area contributed by atoms with Gasteiger partial charge in [0.1, 0.15) is 0 Å². The van der Waals surface area contributed by atoms with Crippen molar-refractivity contribution in [1.82, 2.24) is 0 Å². The SMILES string of the molecule is CCCCCCCCCCC([C]=O)C1CCCCC1. The number of carbonyl (C=O) groups excluding carboxylic acids is 1. The zero-order valence-electron chi connectivity index (χ0n) is 13.0. The summed E-state index contributed by atoms with van der Waals surface area (Å²) in [6, 6.07) is 0. The third-order valence-electron chi connectivity index (χ3n) is 4.74. The van der Waals surface area contributed by atoms with Crippen molar-refractivity contribution in [3.8, 4) is 0 Å². The van der Waals surface area contributed by atoms with Gasteiger partial charge in [0.05, 0.1) is 0 Å². The van der Waals surface area contributed by atoms with Gasteiger partial charge in [0, 0.05) is 5.92 Å². The zero-order chi connectivity index (χ0) is 13.8. The Bertz CT molecular complexity index is 206. The van der Waals surface area contributed by atoms with Gasteiger partial charge in [-0.2, -0.15) is 0 Å². The van der Waals surface area contributed by atoms with E-state index in [4.69, 9.17) is 0 Å². The second kappa shape index (κ2) is 11.5. The molecule has 0 saturated heterocycles. The van der Waals surface area contributed by atoms with Crippen molar-refractivity contribution in [3.63, 3.8) is 0 Å². The second-order valence-corrected chi connectivity index (χ2v) is 6.39. The van der Waals surface area contributed by atoms with Gasteiger partial charge < -0.3 is 0 Å². The molecule has 0 aromatic heterocycles. The Morgan fingerprint density at radius 2 is 1.47 bits per heavy atom. The predicted octanol–water partition coefficient (Wildman–Crippen LogP) is 5.82. The van der Waals surface area contributed by atoms with Crippen LogP contribution >= 0.6 is 0 Å². The van der Waals surface area contributed by atoms with Crippen molar-refractivity contribution in [2.24, 2.45) is 11.8 Å². The quantitative estimate of drug-likeness (QED) is 0.430. The van der Waals surface area contributed by atoms with Crippen LogP contribution in [0.15, 0.2) is 0 Å². The maximum atomic E-state index is 11.1. The number of unbranched alkanes of at least 4 members (excludes halogenated alkanes) is 7. The lowest BCUT2D eigenvalue weighted by atomic mass is 9.78. The molecule has 0 aromatic carbocycles. The summed E-state index contributed by atoms with van der Waals surface area (Å²) in [5, 5.41) is 0. The van der Waals surface area contributed by atoms with Crippen LogP contribution in [0.1, 0.15) is 96.8 Å². The third kappa shape index (κ3) is 7.74. The van der Waals surface area contributed by atoms with Crippen molar-refractivity contribution in [2.45, 2.75) is 96.8 Å². The molecule has 19 heavy (non-hydrogen) atoms. The van der Waals surface area contributed by atoms with Crippen LogP contribution < -0.4 is 0 Å². The molecule has 1 aliphatic carbocycles. The molecule has 0 amide bonds. The summed E-state index contributed by atoms with van der Waals surface area (Å²) in [6.07, 6.45) is 20.9. The van der Waals surface area contributed by atoms with Gasteiger partial charge in [-0.3, -0.25) is 4.79 Å². The largest absolute Gasteiger partial charge is 0.291 e. The molecule has 1 heteroatoms. The van der Waals surface area contributed by atoms with E-state index in [1.807, 2.05) is 0 Å². The van der Waals surface area contributed by atoms with Gasteiger partial charge in [-0.05, 0) is 25.2 Å². The van der Waals surface area contributed by atoms with E-state index in [0.29, 0.717) is 5.92 Å². The molecule has 0 spiro atoms. The van der Waals surface area contributed by atoms with Crippen LogP contribution in [0, 0.1) is 11.8 Å². The summed E-state index contributed by atoms with van der Waals surface area (Å²) in [5.74, 6) is 0.913. The summed E-state index contributed by atoms with van der Waals surface area (Å²) < 4.78 is 0. The summed E-state index contributed by atoms with van der Waals surface area (Å²) in [6.45, 7) is 2.27. The highest BCUT2D eigenvalue weighted by molar-refractivity contribution is 5.54. The van der Waals surface area contributed by atoms with Crippen LogP contribution in [-0.4, -0.2) is 6.29 Å². The van der Waals surface area contributed by atoms with E-state index in [-0.39, 0.29) is 5.92 Å². The monoisotopic (exact) mass is 265 g/mol. The van der Waals surface area contributed by atoms with E-state index < -0.39 is 0 Å². The van der Waals surface area contributed by atoms with Gasteiger partial charge in [-0.25, -0.2) is 0 Å². The first-order valence-electron chi connectivity index (χ1n) is 8.76. The van der Waals surface area contributed by atoms with E-state index in [1.54, 1.807) is 0 Å². The molecule has 1 rings (SSSR count). The molecule has 1 nitrogen and oxygen atoms in total. The fourth-order valence-electron chi connectivity index (χ4n) is 3.43. The first kappa shape index (κ1) is 16.7. The van der Waals surface area contributed by atoms with Crippen LogP contribution in [0.3, 0.4) is 0 Å². The minimum atomic E-state index is 0.250. The fraction of sp³-hybridized carbons (Fsp3) is 0.944. The van der Waals surface area contributed by atoms with Gasteiger partial charge in [-0.15, -0.1) is 0 Å². The van der Waals surface area contributed by atoms with Gasteiger partial charge >= 0.3 is 0 Å². The molecule has 1 atom stereocenters. The standard InChI is InChI=1S/C18H33O/c1-2-3-4-5-6-7-8-10-15-18(16-19)17-13-11-9-12-14-17/h17-18H,2-15H2,1H3. The highest BCUT2D eigenvalue weighted by Gasteiger charge is 2.23. The molecule has 1 unspecified atom stereocenters. The number of hydrogen-bond donors (Lipinski definition) is 0. The van der Waals surface area contributed by atoms with Crippen LogP contribution in [-0.2, 0) is 4.79 Å². The van der Waals surface area contributed by atoms with E-state index in [0.717, 1.165) is 6.42 Å². The average molecular weight is 265 g/mol. The lowest BCUT2D eigenvalue weighted by molar-refractivity contribution is 0.277. The van der Waals surface area contributed by atoms with Crippen LogP contribution in [0.2, 0.25) is 0 Å². The molecule has 1 saturated carbocycles. The molecule has 0 bridgehead atoms. The maximum absolute atomic E-state index is 11.1. The zero-order valence-corrected chi connectivity index (χ0v) is 13.0. The first-order valence-corrected chi connectivity index (χ1v) is 8.76. The highest BCUT2D eigenvalue weighted by atomic mass is 16.1. The molecule has 0 aromatic rings. The van der Waals surface area contributed by atoms with Crippen molar-refractivity contribution < 1.29 is 4.79 Å². The molecule has 111 valence electrons. The molecule has 1 aliphatic rings. The molecule has 0 N–H and O–H groups in total. The Kier molecular flexibility index (Phi) is 10.1. The summed E-state index contributed by atoms with van der Waals surface area (Å²) >= 11 is 0. The third-order valence-corrected chi connectivity index (χ3v) is 4.74. The normalized spacial score (nSPS) is 18.4. The molecule has 0 heterocycles. The minimum Gasteiger partial charge on any atom is -0.291 e. The highest BCUT2D eigenvalue weighted by Crippen LogP contribution is 2.31. The van der Waals surface area contributed by atoms with Crippen molar-refractivity contribution >= 4 is 6.29 Å². The van der Waals surface area contributed by atoms with Gasteiger partial charge in [0.25, 0.3) is 0 Å². The molecular formula is C18H33O. The molecular weight excluding hydrogens is 232 g/mol. The average Bonchev–Trinajstić information content (AvgIpc) is 2.47. The lowest BCUT2D eigenvalue weighted by Gasteiger charge is -2.26. The van der Waals surface area contributed by atoms with Crippen LogP contribution in [0.4, 0.5) is 0 Å².